The summed E-state index contributed by atoms with van der Waals surface area (Å²) >= 11 is 0. The molecule has 2 aliphatic carbocycles. The molecule has 0 saturated heterocycles. The largest absolute Gasteiger partial charge is 0.0850 e. The van der Waals surface area contributed by atoms with Gasteiger partial charge >= 0.3 is 0 Å². The zero-order valence-electron chi connectivity index (χ0n) is 7.18. The highest BCUT2D eigenvalue weighted by Gasteiger charge is 2.24. The molecule has 61 valence electrons. The van der Waals surface area contributed by atoms with Crippen LogP contribution in [0.2, 0.25) is 0 Å². The van der Waals surface area contributed by atoms with Gasteiger partial charge in [-0.2, -0.15) is 0 Å². The zero-order chi connectivity index (χ0) is 7.68. The Hall–Kier alpha value is -0.260. The van der Waals surface area contributed by atoms with Gasteiger partial charge in [-0.05, 0) is 57.3 Å². The number of fused-ring (bicyclic) bond motifs is 1. The summed E-state index contributed by atoms with van der Waals surface area (Å²) in [5, 5.41) is 0. The van der Waals surface area contributed by atoms with Crippen LogP contribution in [-0.2, 0) is 0 Å². The van der Waals surface area contributed by atoms with Crippen molar-refractivity contribution in [1.29, 1.82) is 0 Å². The molecule has 2 unspecified atom stereocenters. The molecule has 0 amide bonds. The minimum absolute atomic E-state index is 0.718. The fourth-order valence-electron chi connectivity index (χ4n) is 2.46. The van der Waals surface area contributed by atoms with Crippen molar-refractivity contribution in [3.8, 4) is 0 Å². The van der Waals surface area contributed by atoms with Gasteiger partial charge in [-0.15, -0.1) is 0 Å². The van der Waals surface area contributed by atoms with E-state index in [1.165, 1.54) is 38.5 Å². The van der Waals surface area contributed by atoms with E-state index in [0.29, 0.717) is 0 Å². The highest BCUT2D eigenvalue weighted by molar-refractivity contribution is 5.13. The lowest BCUT2D eigenvalue weighted by molar-refractivity contribution is 0.357. The molecule has 0 heterocycles. The predicted octanol–water partition coefficient (Wildman–Crippen LogP) is 3.35. The molecule has 0 bridgehead atoms. The second-order valence-electron chi connectivity index (χ2n) is 4.05. The first-order valence-corrected chi connectivity index (χ1v) is 4.88. The van der Waals surface area contributed by atoms with Gasteiger partial charge in [-0.3, -0.25) is 0 Å². The van der Waals surface area contributed by atoms with Crippen molar-refractivity contribution in [3.05, 3.63) is 18.6 Å². The Balaban J connectivity index is 2.07. The summed E-state index contributed by atoms with van der Waals surface area (Å²) in [6.07, 6.45) is 10.8. The standard InChI is InChI=1S/C11H17/c1-9-6-7-10-4-2-3-5-11(10)8-9/h5,9-10H,1-4,6-8H2. The van der Waals surface area contributed by atoms with Gasteiger partial charge in [-0.25, -0.2) is 0 Å². The smallest absolute Gasteiger partial charge is 0.0203 e. The summed E-state index contributed by atoms with van der Waals surface area (Å²) in [5.41, 5.74) is 1.74. The van der Waals surface area contributed by atoms with Crippen molar-refractivity contribution in [2.45, 2.75) is 38.5 Å². The zero-order valence-corrected chi connectivity index (χ0v) is 7.18. The van der Waals surface area contributed by atoms with Crippen LogP contribution >= 0.6 is 0 Å². The first kappa shape index (κ1) is 7.39. The van der Waals surface area contributed by atoms with Crippen molar-refractivity contribution >= 4 is 0 Å². The summed E-state index contributed by atoms with van der Waals surface area (Å²) in [6.45, 7) is 4.15. The third kappa shape index (κ3) is 1.50. The van der Waals surface area contributed by atoms with Crippen molar-refractivity contribution in [3.63, 3.8) is 0 Å². The van der Waals surface area contributed by atoms with Crippen LogP contribution in [0.4, 0.5) is 0 Å². The molecule has 0 N–H and O–H groups in total. The van der Waals surface area contributed by atoms with Gasteiger partial charge in [0, 0.05) is 0 Å². The third-order valence-electron chi connectivity index (χ3n) is 3.14. The lowest BCUT2D eigenvalue weighted by Gasteiger charge is -2.32. The van der Waals surface area contributed by atoms with Crippen LogP contribution in [0.25, 0.3) is 0 Å². The number of hydrogen-bond acceptors (Lipinski definition) is 0. The van der Waals surface area contributed by atoms with E-state index in [1.807, 2.05) is 0 Å². The molecular weight excluding hydrogens is 132 g/mol. The van der Waals surface area contributed by atoms with Crippen LogP contribution in [-0.4, -0.2) is 0 Å². The summed E-state index contributed by atoms with van der Waals surface area (Å²) < 4.78 is 0. The summed E-state index contributed by atoms with van der Waals surface area (Å²) in [5.74, 6) is 1.68. The van der Waals surface area contributed by atoms with E-state index in [4.69, 9.17) is 0 Å². The third-order valence-corrected chi connectivity index (χ3v) is 3.14. The van der Waals surface area contributed by atoms with Gasteiger partial charge in [0.15, 0.2) is 0 Å². The maximum absolute atomic E-state index is 4.15. The fourth-order valence-corrected chi connectivity index (χ4v) is 2.46. The van der Waals surface area contributed by atoms with Crippen LogP contribution in [0.3, 0.4) is 0 Å². The molecule has 1 radical (unpaired) electrons. The molecular formula is C11H17. The van der Waals surface area contributed by atoms with Gasteiger partial charge < -0.3 is 0 Å². The lowest BCUT2D eigenvalue weighted by atomic mass is 9.74. The highest BCUT2D eigenvalue weighted by Crippen LogP contribution is 2.38. The van der Waals surface area contributed by atoms with Crippen molar-refractivity contribution in [1.82, 2.24) is 0 Å². The van der Waals surface area contributed by atoms with E-state index in [2.05, 4.69) is 13.0 Å². The maximum atomic E-state index is 4.15. The second kappa shape index (κ2) is 3.00. The molecule has 11 heavy (non-hydrogen) atoms. The molecule has 2 atom stereocenters. The molecule has 0 aromatic carbocycles. The summed E-state index contributed by atoms with van der Waals surface area (Å²) in [7, 11) is 0. The number of allylic oxidation sites excluding steroid dienone is 2. The van der Waals surface area contributed by atoms with Gasteiger partial charge in [0.05, 0.1) is 0 Å². The van der Waals surface area contributed by atoms with E-state index < -0.39 is 0 Å². The second-order valence-corrected chi connectivity index (χ2v) is 4.05. The molecule has 1 fully saturated rings. The van der Waals surface area contributed by atoms with Crippen LogP contribution in [0.5, 0.6) is 0 Å². The van der Waals surface area contributed by atoms with Crippen LogP contribution < -0.4 is 0 Å². The van der Waals surface area contributed by atoms with Crippen molar-refractivity contribution < 1.29 is 0 Å². The highest BCUT2D eigenvalue weighted by atomic mass is 14.3. The Labute approximate surface area is 69.7 Å². The fraction of sp³-hybridized carbons (Fsp3) is 0.727. The quantitative estimate of drug-likeness (QED) is 0.463. The molecule has 2 rings (SSSR count). The topological polar surface area (TPSA) is 0 Å². The first-order chi connectivity index (χ1) is 5.36. The Bertz CT molecular complexity index is 167. The van der Waals surface area contributed by atoms with Crippen LogP contribution in [0, 0.1) is 18.8 Å². The van der Waals surface area contributed by atoms with E-state index in [0.717, 1.165) is 11.8 Å². The van der Waals surface area contributed by atoms with Crippen molar-refractivity contribution in [2.75, 3.05) is 0 Å². The molecule has 0 spiro atoms. The van der Waals surface area contributed by atoms with E-state index >= 15 is 0 Å². The van der Waals surface area contributed by atoms with Crippen LogP contribution in [0.15, 0.2) is 11.6 Å². The average Bonchev–Trinajstić information content (AvgIpc) is 2.04. The monoisotopic (exact) mass is 149 g/mol. The number of hydrogen-bond donors (Lipinski definition) is 0. The summed E-state index contributed by atoms with van der Waals surface area (Å²) in [6, 6.07) is 0. The van der Waals surface area contributed by atoms with Crippen molar-refractivity contribution in [2.24, 2.45) is 11.8 Å². The van der Waals surface area contributed by atoms with Crippen LogP contribution in [0.1, 0.15) is 38.5 Å². The summed E-state index contributed by atoms with van der Waals surface area (Å²) in [4.78, 5) is 0. The van der Waals surface area contributed by atoms with E-state index in [-0.39, 0.29) is 0 Å². The SMILES string of the molecule is [CH2]C1CCC2CCCC=C2C1. The molecule has 2 aliphatic rings. The predicted molar refractivity (Wildman–Crippen MR) is 48.1 cm³/mol. The molecule has 0 aromatic heterocycles. The Morgan fingerprint density at radius 1 is 1.27 bits per heavy atom. The Kier molecular flexibility index (Phi) is 2.02. The Morgan fingerprint density at radius 3 is 3.09 bits per heavy atom. The molecule has 0 aliphatic heterocycles. The van der Waals surface area contributed by atoms with E-state index in [9.17, 15) is 0 Å². The minimum atomic E-state index is 0.718. The minimum Gasteiger partial charge on any atom is -0.0850 e. The molecule has 0 heteroatoms. The first-order valence-electron chi connectivity index (χ1n) is 4.88. The van der Waals surface area contributed by atoms with Gasteiger partial charge in [0.1, 0.15) is 0 Å². The Morgan fingerprint density at radius 2 is 2.18 bits per heavy atom. The van der Waals surface area contributed by atoms with Gasteiger partial charge in [-0.1, -0.05) is 11.6 Å². The van der Waals surface area contributed by atoms with Gasteiger partial charge in [0.2, 0.25) is 0 Å². The maximum Gasteiger partial charge on any atom is -0.0203 e. The molecule has 1 saturated carbocycles. The average molecular weight is 149 g/mol. The normalized spacial score (nSPS) is 37.7. The lowest BCUT2D eigenvalue weighted by Crippen LogP contribution is -2.17. The van der Waals surface area contributed by atoms with E-state index in [1.54, 1.807) is 5.57 Å². The van der Waals surface area contributed by atoms with Gasteiger partial charge in [0.25, 0.3) is 0 Å². The molecule has 0 aromatic rings. The molecule has 0 nitrogen and oxygen atoms in total. The number of rotatable bonds is 0.